The van der Waals surface area contributed by atoms with Crippen LogP contribution in [0.15, 0.2) is 59.2 Å². The van der Waals surface area contributed by atoms with Gasteiger partial charge in [0.05, 0.1) is 18.2 Å². The van der Waals surface area contributed by atoms with Crippen molar-refractivity contribution in [1.29, 1.82) is 0 Å². The predicted molar refractivity (Wildman–Crippen MR) is 98.3 cm³/mol. The van der Waals surface area contributed by atoms with E-state index in [0.29, 0.717) is 6.54 Å². The lowest BCUT2D eigenvalue weighted by Gasteiger charge is -2.08. The molecule has 1 N–H and O–H groups in total. The van der Waals surface area contributed by atoms with Crippen molar-refractivity contribution in [2.24, 2.45) is 0 Å². The van der Waals surface area contributed by atoms with E-state index in [1.807, 2.05) is 42.5 Å². The molecule has 0 atom stereocenters. The predicted octanol–water partition coefficient (Wildman–Crippen LogP) is 5.13. The molecule has 0 radical (unpaired) electrons. The second kappa shape index (κ2) is 6.45. The number of nitrogens with one attached hydrogen (secondary N) is 1. The van der Waals surface area contributed by atoms with Gasteiger partial charge in [-0.3, -0.25) is 0 Å². The molecular formula is C19H17N3OS. The van der Waals surface area contributed by atoms with Gasteiger partial charge in [-0.15, -0.1) is 11.3 Å². The van der Waals surface area contributed by atoms with Gasteiger partial charge in [-0.05, 0) is 24.6 Å². The van der Waals surface area contributed by atoms with E-state index in [2.05, 4.69) is 18.3 Å². The molecule has 0 amide bonds. The Morgan fingerprint density at radius 2 is 1.96 bits per heavy atom. The third-order valence-electron chi connectivity index (χ3n) is 3.83. The lowest BCUT2D eigenvalue weighted by atomic mass is 10.2. The van der Waals surface area contributed by atoms with Gasteiger partial charge in [0.2, 0.25) is 0 Å². The normalized spacial score (nSPS) is 11.0. The van der Waals surface area contributed by atoms with Crippen LogP contribution in [0.25, 0.3) is 21.6 Å². The van der Waals surface area contributed by atoms with Gasteiger partial charge >= 0.3 is 0 Å². The zero-order chi connectivity index (χ0) is 16.4. The number of hydrogen-bond acceptors (Lipinski definition) is 5. The number of anilines is 1. The second-order valence-electron chi connectivity index (χ2n) is 5.48. The van der Waals surface area contributed by atoms with E-state index in [9.17, 15) is 0 Å². The molecule has 0 unspecified atom stereocenters. The molecule has 1 aromatic carbocycles. The highest BCUT2D eigenvalue weighted by molar-refractivity contribution is 7.18. The van der Waals surface area contributed by atoms with Crippen LogP contribution in [0.1, 0.15) is 17.6 Å². The molecular weight excluding hydrogens is 318 g/mol. The molecule has 4 rings (SSSR count). The summed E-state index contributed by atoms with van der Waals surface area (Å²) < 4.78 is 5.41. The fraction of sp³-hybridized carbons (Fsp3) is 0.158. The quantitative estimate of drug-likeness (QED) is 0.549. The number of nitrogens with zero attached hydrogens (tertiary/aromatic N) is 2. The number of rotatable bonds is 5. The monoisotopic (exact) mass is 335 g/mol. The Morgan fingerprint density at radius 1 is 1.08 bits per heavy atom. The minimum atomic E-state index is 0.602. The molecule has 0 saturated heterocycles. The van der Waals surface area contributed by atoms with Crippen LogP contribution in [-0.4, -0.2) is 9.97 Å². The topological polar surface area (TPSA) is 51.0 Å². The number of fused-ring (bicyclic) bond motifs is 1. The lowest BCUT2D eigenvalue weighted by molar-refractivity contribution is 0.518. The van der Waals surface area contributed by atoms with Gasteiger partial charge < -0.3 is 9.73 Å². The van der Waals surface area contributed by atoms with Gasteiger partial charge in [-0.1, -0.05) is 37.3 Å². The smallest absolute Gasteiger partial charge is 0.163 e. The van der Waals surface area contributed by atoms with Crippen molar-refractivity contribution >= 4 is 27.4 Å². The van der Waals surface area contributed by atoms with Crippen LogP contribution >= 0.6 is 11.3 Å². The molecule has 0 saturated carbocycles. The number of furan rings is 1. The average molecular weight is 335 g/mol. The summed E-state index contributed by atoms with van der Waals surface area (Å²) in [6.45, 7) is 2.76. The third-order valence-corrected chi connectivity index (χ3v) is 5.01. The van der Waals surface area contributed by atoms with Crippen LogP contribution < -0.4 is 5.32 Å². The summed E-state index contributed by atoms with van der Waals surface area (Å²) in [4.78, 5) is 11.9. The average Bonchev–Trinajstić information content (AvgIpc) is 3.29. The lowest BCUT2D eigenvalue weighted by Crippen LogP contribution is -2.02. The fourth-order valence-electron chi connectivity index (χ4n) is 2.58. The minimum Gasteiger partial charge on any atom is -0.467 e. The Balaban J connectivity index is 1.78. The third kappa shape index (κ3) is 2.90. The molecule has 0 bridgehead atoms. The summed E-state index contributed by atoms with van der Waals surface area (Å²) >= 11 is 1.73. The second-order valence-corrected chi connectivity index (χ2v) is 6.60. The van der Waals surface area contributed by atoms with E-state index in [4.69, 9.17) is 14.4 Å². The van der Waals surface area contributed by atoms with Crippen LogP contribution in [0.3, 0.4) is 0 Å². The molecule has 0 aliphatic rings. The summed E-state index contributed by atoms with van der Waals surface area (Å²) in [6, 6.07) is 16.1. The molecule has 3 aromatic heterocycles. The Kier molecular flexibility index (Phi) is 4.01. The van der Waals surface area contributed by atoms with Crippen LogP contribution in [0, 0.1) is 0 Å². The Labute approximate surface area is 144 Å². The van der Waals surface area contributed by atoms with Crippen molar-refractivity contribution in [2.45, 2.75) is 19.9 Å². The van der Waals surface area contributed by atoms with Gasteiger partial charge in [0.1, 0.15) is 16.4 Å². The number of hydrogen-bond donors (Lipinski definition) is 1. The number of aryl methyl sites for hydroxylation is 1. The van der Waals surface area contributed by atoms with Gasteiger partial charge in [-0.25, -0.2) is 9.97 Å². The number of aromatic nitrogens is 2. The van der Waals surface area contributed by atoms with Crippen molar-refractivity contribution in [2.75, 3.05) is 5.32 Å². The molecule has 4 nitrogen and oxygen atoms in total. The van der Waals surface area contributed by atoms with Crippen LogP contribution in [0.4, 0.5) is 5.82 Å². The first-order valence-corrected chi connectivity index (χ1v) is 8.77. The van der Waals surface area contributed by atoms with E-state index in [0.717, 1.165) is 39.6 Å². The van der Waals surface area contributed by atoms with Crippen LogP contribution in [0.2, 0.25) is 0 Å². The summed E-state index contributed by atoms with van der Waals surface area (Å²) in [5, 5.41) is 4.47. The molecule has 24 heavy (non-hydrogen) atoms. The largest absolute Gasteiger partial charge is 0.467 e. The van der Waals surface area contributed by atoms with Crippen molar-refractivity contribution in [3.05, 3.63) is 65.4 Å². The molecule has 4 aromatic rings. The highest BCUT2D eigenvalue weighted by atomic mass is 32.1. The SMILES string of the molecule is CCc1cc2c(NCc3ccco3)nc(-c3ccccc3)nc2s1. The number of thiophene rings is 1. The number of benzene rings is 1. The molecule has 0 aliphatic carbocycles. The highest BCUT2D eigenvalue weighted by Gasteiger charge is 2.12. The maximum atomic E-state index is 5.41. The van der Waals surface area contributed by atoms with Crippen molar-refractivity contribution in [3.63, 3.8) is 0 Å². The van der Waals surface area contributed by atoms with Gasteiger partial charge in [0, 0.05) is 10.4 Å². The summed E-state index contributed by atoms with van der Waals surface area (Å²) in [5.41, 5.74) is 1.02. The minimum absolute atomic E-state index is 0.602. The van der Waals surface area contributed by atoms with E-state index in [1.165, 1.54) is 4.88 Å². The molecule has 5 heteroatoms. The van der Waals surface area contributed by atoms with Gasteiger partial charge in [0.15, 0.2) is 5.82 Å². The zero-order valence-electron chi connectivity index (χ0n) is 13.3. The van der Waals surface area contributed by atoms with E-state index >= 15 is 0 Å². The summed E-state index contributed by atoms with van der Waals surface area (Å²) in [6.07, 6.45) is 2.68. The van der Waals surface area contributed by atoms with E-state index in [-0.39, 0.29) is 0 Å². The Bertz CT molecular complexity index is 946. The first-order valence-electron chi connectivity index (χ1n) is 7.95. The first kappa shape index (κ1) is 14.9. The molecule has 0 aliphatic heterocycles. The van der Waals surface area contributed by atoms with Gasteiger partial charge in [-0.2, -0.15) is 0 Å². The van der Waals surface area contributed by atoms with Crippen LogP contribution in [0.5, 0.6) is 0 Å². The molecule has 0 fully saturated rings. The zero-order valence-corrected chi connectivity index (χ0v) is 14.1. The maximum Gasteiger partial charge on any atom is 0.163 e. The summed E-state index contributed by atoms with van der Waals surface area (Å²) in [5.74, 6) is 2.48. The summed E-state index contributed by atoms with van der Waals surface area (Å²) in [7, 11) is 0. The Hall–Kier alpha value is -2.66. The molecule has 0 spiro atoms. The Morgan fingerprint density at radius 3 is 2.71 bits per heavy atom. The standard InChI is InChI=1S/C19H17N3OS/c1-2-15-11-16-18(20-12-14-9-6-10-23-14)21-17(22-19(16)24-15)13-7-4-3-5-8-13/h3-11H,2,12H2,1H3,(H,20,21,22). The fourth-order valence-corrected chi connectivity index (χ4v) is 3.55. The van der Waals surface area contributed by atoms with E-state index in [1.54, 1.807) is 17.6 Å². The first-order chi connectivity index (χ1) is 11.8. The molecule has 3 heterocycles. The van der Waals surface area contributed by atoms with E-state index < -0.39 is 0 Å². The maximum absolute atomic E-state index is 5.41. The van der Waals surface area contributed by atoms with Crippen molar-refractivity contribution in [1.82, 2.24) is 9.97 Å². The van der Waals surface area contributed by atoms with Crippen molar-refractivity contribution < 1.29 is 4.42 Å². The molecule has 120 valence electrons. The van der Waals surface area contributed by atoms with Crippen LogP contribution in [-0.2, 0) is 13.0 Å². The highest BCUT2D eigenvalue weighted by Crippen LogP contribution is 2.31. The van der Waals surface area contributed by atoms with Gasteiger partial charge in [0.25, 0.3) is 0 Å². The van der Waals surface area contributed by atoms with Crippen molar-refractivity contribution in [3.8, 4) is 11.4 Å².